The standard InChI is InChI=1S/C20H18Cl2N2O3/c1-12(2)18(24-19(25)16-8-7-15(21)9-17(16)22)20(26)27-11-14-5-3-13(10-23)4-6-14/h3-9,12,18H,11H2,1-2H3,(H,24,25)/t18-/m0/s1. The Labute approximate surface area is 167 Å². The maximum atomic E-state index is 12.5. The van der Waals surface area contributed by atoms with Gasteiger partial charge in [0.25, 0.3) is 5.91 Å². The number of hydrogen-bond acceptors (Lipinski definition) is 4. The van der Waals surface area contributed by atoms with Crippen molar-refractivity contribution < 1.29 is 14.3 Å². The van der Waals surface area contributed by atoms with Crippen LogP contribution >= 0.6 is 23.2 Å². The van der Waals surface area contributed by atoms with E-state index in [4.69, 9.17) is 33.2 Å². The average molecular weight is 405 g/mol. The molecule has 5 nitrogen and oxygen atoms in total. The smallest absolute Gasteiger partial charge is 0.329 e. The molecular weight excluding hydrogens is 387 g/mol. The monoisotopic (exact) mass is 404 g/mol. The van der Waals surface area contributed by atoms with Crippen LogP contribution in [0, 0.1) is 17.2 Å². The number of nitrogens with zero attached hydrogens (tertiary/aromatic N) is 1. The zero-order chi connectivity index (χ0) is 20.0. The normalized spacial score (nSPS) is 11.6. The number of ether oxygens (including phenoxy) is 1. The highest BCUT2D eigenvalue weighted by Crippen LogP contribution is 2.21. The average Bonchev–Trinajstić information content (AvgIpc) is 2.64. The van der Waals surface area contributed by atoms with Gasteiger partial charge in [-0.3, -0.25) is 4.79 Å². The molecule has 1 amide bonds. The van der Waals surface area contributed by atoms with Gasteiger partial charge in [-0.1, -0.05) is 49.2 Å². The highest BCUT2D eigenvalue weighted by atomic mass is 35.5. The zero-order valence-electron chi connectivity index (χ0n) is 14.8. The van der Waals surface area contributed by atoms with Crippen LogP contribution in [0.5, 0.6) is 0 Å². The first-order chi connectivity index (χ1) is 12.8. The maximum absolute atomic E-state index is 12.5. The lowest BCUT2D eigenvalue weighted by molar-refractivity contribution is -0.148. The molecule has 140 valence electrons. The van der Waals surface area contributed by atoms with Gasteiger partial charge in [-0.05, 0) is 41.8 Å². The van der Waals surface area contributed by atoms with Gasteiger partial charge in [-0.25, -0.2) is 4.79 Å². The maximum Gasteiger partial charge on any atom is 0.329 e. The molecule has 0 saturated carbocycles. The Morgan fingerprint density at radius 1 is 1.15 bits per heavy atom. The Hall–Kier alpha value is -2.55. The summed E-state index contributed by atoms with van der Waals surface area (Å²) in [6.45, 7) is 3.65. The number of amides is 1. The Morgan fingerprint density at radius 2 is 1.81 bits per heavy atom. The van der Waals surface area contributed by atoms with Gasteiger partial charge in [-0.15, -0.1) is 0 Å². The lowest BCUT2D eigenvalue weighted by Crippen LogP contribution is -2.45. The lowest BCUT2D eigenvalue weighted by Gasteiger charge is -2.21. The van der Waals surface area contributed by atoms with Crippen molar-refractivity contribution in [3.63, 3.8) is 0 Å². The van der Waals surface area contributed by atoms with Crippen LogP contribution in [0.15, 0.2) is 42.5 Å². The van der Waals surface area contributed by atoms with Crippen molar-refractivity contribution in [2.45, 2.75) is 26.5 Å². The van der Waals surface area contributed by atoms with Gasteiger partial charge in [0.05, 0.1) is 22.2 Å². The summed E-state index contributed by atoms with van der Waals surface area (Å²) in [5, 5.41) is 12.1. The molecule has 0 spiro atoms. The van der Waals surface area contributed by atoms with E-state index >= 15 is 0 Å². The topological polar surface area (TPSA) is 79.2 Å². The molecule has 2 aromatic carbocycles. The summed E-state index contributed by atoms with van der Waals surface area (Å²) in [7, 11) is 0. The largest absolute Gasteiger partial charge is 0.459 e. The third kappa shape index (κ3) is 5.72. The number of hydrogen-bond donors (Lipinski definition) is 1. The van der Waals surface area contributed by atoms with E-state index in [1.807, 2.05) is 6.07 Å². The molecule has 2 aromatic rings. The molecule has 0 aromatic heterocycles. The molecule has 27 heavy (non-hydrogen) atoms. The molecule has 0 heterocycles. The number of halogens is 2. The first-order valence-corrected chi connectivity index (χ1v) is 8.99. The predicted octanol–water partition coefficient (Wildman–Crippen LogP) is 4.36. The van der Waals surface area contributed by atoms with Crippen LogP contribution in [0.3, 0.4) is 0 Å². The van der Waals surface area contributed by atoms with E-state index in [2.05, 4.69) is 5.32 Å². The number of carbonyl (C=O) groups is 2. The summed E-state index contributed by atoms with van der Waals surface area (Å²) < 4.78 is 5.32. The molecule has 7 heteroatoms. The van der Waals surface area contributed by atoms with Crippen LogP contribution in [0.4, 0.5) is 0 Å². The summed E-state index contributed by atoms with van der Waals surface area (Å²) in [5.41, 5.74) is 1.50. The summed E-state index contributed by atoms with van der Waals surface area (Å²) in [6, 6.07) is 12.4. The Bertz CT molecular complexity index is 874. The van der Waals surface area contributed by atoms with E-state index in [9.17, 15) is 9.59 Å². The highest BCUT2D eigenvalue weighted by Gasteiger charge is 2.27. The first-order valence-electron chi connectivity index (χ1n) is 8.23. The van der Waals surface area contributed by atoms with E-state index in [0.717, 1.165) is 5.56 Å². The second-order valence-corrected chi connectivity index (χ2v) is 7.08. The van der Waals surface area contributed by atoms with Crippen molar-refractivity contribution in [3.05, 3.63) is 69.2 Å². The van der Waals surface area contributed by atoms with Gasteiger partial charge < -0.3 is 10.1 Å². The number of nitriles is 1. The minimum atomic E-state index is -0.831. The third-order valence-corrected chi connectivity index (χ3v) is 4.39. The Balaban J connectivity index is 2.03. The lowest BCUT2D eigenvalue weighted by atomic mass is 10.0. The molecule has 0 radical (unpaired) electrons. The van der Waals surface area contributed by atoms with Crippen molar-refractivity contribution in [2.75, 3.05) is 0 Å². The first kappa shape index (κ1) is 20.8. The van der Waals surface area contributed by atoms with Crippen LogP contribution in [0.25, 0.3) is 0 Å². The quantitative estimate of drug-likeness (QED) is 0.725. The van der Waals surface area contributed by atoms with Crippen LogP contribution in [-0.4, -0.2) is 17.9 Å². The summed E-state index contributed by atoms with van der Waals surface area (Å²) in [5.74, 6) is -1.22. The molecule has 0 aliphatic rings. The molecule has 0 fully saturated rings. The van der Waals surface area contributed by atoms with Crippen molar-refractivity contribution in [1.29, 1.82) is 5.26 Å². The van der Waals surface area contributed by atoms with E-state index in [1.165, 1.54) is 12.1 Å². The SMILES string of the molecule is CC(C)[C@H](NC(=O)c1ccc(Cl)cc1Cl)C(=O)OCc1ccc(C#N)cc1. The number of benzene rings is 2. The third-order valence-electron chi connectivity index (χ3n) is 3.85. The van der Waals surface area contributed by atoms with Crippen molar-refractivity contribution >= 4 is 35.1 Å². The van der Waals surface area contributed by atoms with Gasteiger partial charge in [0.1, 0.15) is 12.6 Å². The molecular formula is C20H18Cl2N2O3. The minimum Gasteiger partial charge on any atom is -0.459 e. The molecule has 0 aliphatic carbocycles. The minimum absolute atomic E-state index is 0.0470. The van der Waals surface area contributed by atoms with Gasteiger partial charge in [0.2, 0.25) is 0 Å². The number of nitrogens with one attached hydrogen (secondary N) is 1. The van der Waals surface area contributed by atoms with Gasteiger partial charge in [0.15, 0.2) is 0 Å². The van der Waals surface area contributed by atoms with Gasteiger partial charge in [-0.2, -0.15) is 5.26 Å². The fourth-order valence-corrected chi connectivity index (χ4v) is 2.80. The second-order valence-electron chi connectivity index (χ2n) is 6.24. The number of esters is 1. The second kappa shape index (κ2) is 9.40. The number of rotatable bonds is 6. The number of carbonyl (C=O) groups excluding carboxylic acids is 2. The molecule has 1 atom stereocenters. The van der Waals surface area contributed by atoms with E-state index in [0.29, 0.717) is 10.6 Å². The molecule has 0 bridgehead atoms. The zero-order valence-corrected chi connectivity index (χ0v) is 16.3. The van der Waals surface area contributed by atoms with E-state index in [1.54, 1.807) is 44.2 Å². The van der Waals surface area contributed by atoms with E-state index in [-0.39, 0.29) is 23.1 Å². The summed E-state index contributed by atoms with van der Waals surface area (Å²) in [6.07, 6.45) is 0. The van der Waals surface area contributed by atoms with Crippen molar-refractivity contribution in [1.82, 2.24) is 5.32 Å². The molecule has 0 unspecified atom stereocenters. The van der Waals surface area contributed by atoms with Crippen LogP contribution in [0.2, 0.25) is 10.0 Å². The van der Waals surface area contributed by atoms with Gasteiger partial charge >= 0.3 is 5.97 Å². The van der Waals surface area contributed by atoms with Crippen molar-refractivity contribution in [3.8, 4) is 6.07 Å². The Kier molecular flexibility index (Phi) is 7.23. The Morgan fingerprint density at radius 3 is 2.37 bits per heavy atom. The summed E-state index contributed by atoms with van der Waals surface area (Å²) >= 11 is 11.9. The molecule has 0 aliphatic heterocycles. The van der Waals surface area contributed by atoms with Crippen molar-refractivity contribution in [2.24, 2.45) is 5.92 Å². The molecule has 1 N–H and O–H groups in total. The van der Waals surface area contributed by atoms with Crippen LogP contribution < -0.4 is 5.32 Å². The highest BCUT2D eigenvalue weighted by molar-refractivity contribution is 6.36. The summed E-state index contributed by atoms with van der Waals surface area (Å²) in [4.78, 5) is 24.9. The van der Waals surface area contributed by atoms with Gasteiger partial charge in [0, 0.05) is 5.02 Å². The van der Waals surface area contributed by atoms with Crippen LogP contribution in [-0.2, 0) is 16.1 Å². The molecule has 0 saturated heterocycles. The van der Waals surface area contributed by atoms with E-state index < -0.39 is 17.9 Å². The fourth-order valence-electron chi connectivity index (χ4n) is 2.31. The van der Waals surface area contributed by atoms with Crippen LogP contribution in [0.1, 0.15) is 35.3 Å². The fraction of sp³-hybridized carbons (Fsp3) is 0.250. The molecule has 2 rings (SSSR count). The predicted molar refractivity (Wildman–Crippen MR) is 104 cm³/mol.